The Balaban J connectivity index is 2.00. The van der Waals surface area contributed by atoms with E-state index in [4.69, 9.17) is 16.3 Å². The van der Waals surface area contributed by atoms with E-state index in [0.29, 0.717) is 18.3 Å². The third-order valence-electron chi connectivity index (χ3n) is 2.94. The van der Waals surface area contributed by atoms with Crippen molar-refractivity contribution in [3.63, 3.8) is 0 Å². The van der Waals surface area contributed by atoms with Gasteiger partial charge in [-0.15, -0.1) is 0 Å². The summed E-state index contributed by atoms with van der Waals surface area (Å²) in [6, 6.07) is 12.7. The number of hydrogen-bond donors (Lipinski definition) is 0. The molecule has 100 valence electrons. The summed E-state index contributed by atoms with van der Waals surface area (Å²) in [5, 5.41) is 0.105. The summed E-state index contributed by atoms with van der Waals surface area (Å²) in [6.07, 6.45) is 0. The Hall–Kier alpha value is -1.54. The predicted molar refractivity (Wildman–Crippen MR) is 76.3 cm³/mol. The van der Waals surface area contributed by atoms with E-state index in [-0.39, 0.29) is 5.02 Å². The first-order valence-electron chi connectivity index (χ1n) is 6.23. The normalized spacial score (nSPS) is 10.8. The summed E-state index contributed by atoms with van der Waals surface area (Å²) < 4.78 is 18.8. The highest BCUT2D eigenvalue weighted by Crippen LogP contribution is 2.21. The highest BCUT2D eigenvalue weighted by Gasteiger charge is 2.03. The van der Waals surface area contributed by atoms with Crippen molar-refractivity contribution in [1.82, 2.24) is 0 Å². The van der Waals surface area contributed by atoms with Crippen molar-refractivity contribution in [2.24, 2.45) is 0 Å². The molecule has 0 aliphatic carbocycles. The largest absolute Gasteiger partial charge is 0.489 e. The molecule has 0 heterocycles. The van der Waals surface area contributed by atoms with Crippen molar-refractivity contribution in [2.45, 2.75) is 26.4 Å². The molecule has 0 aliphatic rings. The summed E-state index contributed by atoms with van der Waals surface area (Å²) in [5.74, 6) is 0.532. The fourth-order valence-corrected chi connectivity index (χ4v) is 1.85. The lowest BCUT2D eigenvalue weighted by atomic mass is 10.0. The Morgan fingerprint density at radius 1 is 1.11 bits per heavy atom. The lowest BCUT2D eigenvalue weighted by molar-refractivity contribution is 0.304. The second-order valence-corrected chi connectivity index (χ2v) is 5.17. The zero-order valence-electron chi connectivity index (χ0n) is 11.0. The van der Waals surface area contributed by atoms with Crippen LogP contribution in [-0.4, -0.2) is 0 Å². The van der Waals surface area contributed by atoms with E-state index in [0.717, 1.165) is 5.56 Å². The van der Waals surface area contributed by atoms with Gasteiger partial charge in [-0.3, -0.25) is 0 Å². The third-order valence-corrected chi connectivity index (χ3v) is 3.25. The monoisotopic (exact) mass is 278 g/mol. The molecule has 0 spiro atoms. The van der Waals surface area contributed by atoms with Gasteiger partial charge in [-0.05, 0) is 29.2 Å². The highest BCUT2D eigenvalue weighted by atomic mass is 35.5. The smallest absolute Gasteiger partial charge is 0.145 e. The Bertz CT molecular complexity index is 549. The van der Waals surface area contributed by atoms with Crippen molar-refractivity contribution in [3.8, 4) is 5.75 Å². The first-order chi connectivity index (χ1) is 9.06. The van der Waals surface area contributed by atoms with Gasteiger partial charge in [0, 0.05) is 6.07 Å². The van der Waals surface area contributed by atoms with Crippen LogP contribution in [0, 0.1) is 5.82 Å². The molecule has 0 aliphatic heterocycles. The molecule has 0 fully saturated rings. The zero-order valence-corrected chi connectivity index (χ0v) is 11.7. The molecule has 0 amide bonds. The van der Waals surface area contributed by atoms with Gasteiger partial charge in [0.25, 0.3) is 0 Å². The first-order valence-corrected chi connectivity index (χ1v) is 6.61. The van der Waals surface area contributed by atoms with E-state index in [2.05, 4.69) is 26.0 Å². The number of ether oxygens (including phenoxy) is 1. The maximum Gasteiger partial charge on any atom is 0.145 e. The molecule has 2 aromatic carbocycles. The molecule has 0 bridgehead atoms. The molecular formula is C16H16ClFO. The van der Waals surface area contributed by atoms with E-state index in [9.17, 15) is 4.39 Å². The van der Waals surface area contributed by atoms with Crippen molar-refractivity contribution >= 4 is 11.6 Å². The second-order valence-electron chi connectivity index (χ2n) is 4.76. The molecule has 1 nitrogen and oxygen atoms in total. The molecule has 0 aromatic heterocycles. The molecule has 3 heteroatoms. The van der Waals surface area contributed by atoms with Gasteiger partial charge in [-0.25, -0.2) is 4.39 Å². The maximum absolute atomic E-state index is 13.2. The quantitative estimate of drug-likeness (QED) is 0.748. The van der Waals surface area contributed by atoms with Gasteiger partial charge in [-0.2, -0.15) is 0 Å². The fourth-order valence-electron chi connectivity index (χ4n) is 1.73. The van der Waals surface area contributed by atoms with Gasteiger partial charge < -0.3 is 4.74 Å². The molecule has 0 unspecified atom stereocenters. The van der Waals surface area contributed by atoms with Gasteiger partial charge in [-0.1, -0.05) is 49.7 Å². The molecule has 2 rings (SSSR count). The second kappa shape index (κ2) is 6.07. The summed E-state index contributed by atoms with van der Waals surface area (Å²) in [7, 11) is 0. The Morgan fingerprint density at radius 2 is 1.79 bits per heavy atom. The average molecular weight is 279 g/mol. The number of halogens is 2. The minimum absolute atomic E-state index is 0.105. The average Bonchev–Trinajstić information content (AvgIpc) is 2.40. The van der Waals surface area contributed by atoms with Crippen LogP contribution in [0.4, 0.5) is 4.39 Å². The molecule has 2 aromatic rings. The summed E-state index contributed by atoms with van der Waals surface area (Å²) in [4.78, 5) is 0. The SMILES string of the molecule is CC(C)c1ccc(COc2ccc(Cl)c(F)c2)cc1. The molecule has 0 N–H and O–H groups in total. The molecule has 0 radical (unpaired) electrons. The van der Waals surface area contributed by atoms with Gasteiger partial charge in [0.1, 0.15) is 18.2 Å². The van der Waals surface area contributed by atoms with E-state index < -0.39 is 5.82 Å². The van der Waals surface area contributed by atoms with Crippen LogP contribution >= 0.6 is 11.6 Å². The van der Waals surface area contributed by atoms with Crippen LogP contribution in [0.2, 0.25) is 5.02 Å². The Kier molecular flexibility index (Phi) is 4.43. The maximum atomic E-state index is 13.2. The summed E-state index contributed by atoms with van der Waals surface area (Å²) in [5.41, 5.74) is 2.35. The lowest BCUT2D eigenvalue weighted by Crippen LogP contribution is -1.96. The highest BCUT2D eigenvalue weighted by molar-refractivity contribution is 6.30. The van der Waals surface area contributed by atoms with Crippen molar-refractivity contribution in [1.29, 1.82) is 0 Å². The predicted octanol–water partition coefficient (Wildman–Crippen LogP) is 5.18. The van der Waals surface area contributed by atoms with Crippen LogP contribution in [0.1, 0.15) is 30.9 Å². The Morgan fingerprint density at radius 3 is 2.37 bits per heavy atom. The van der Waals surface area contributed by atoms with Crippen LogP contribution in [-0.2, 0) is 6.61 Å². The number of hydrogen-bond acceptors (Lipinski definition) is 1. The zero-order chi connectivity index (χ0) is 13.8. The number of benzene rings is 2. The topological polar surface area (TPSA) is 9.23 Å². The van der Waals surface area contributed by atoms with E-state index in [1.807, 2.05) is 12.1 Å². The van der Waals surface area contributed by atoms with Gasteiger partial charge in [0.2, 0.25) is 0 Å². The van der Waals surface area contributed by atoms with Crippen molar-refractivity contribution in [2.75, 3.05) is 0 Å². The van der Waals surface area contributed by atoms with Crippen molar-refractivity contribution in [3.05, 3.63) is 64.4 Å². The summed E-state index contributed by atoms with van der Waals surface area (Å²) >= 11 is 5.61. The molecule has 19 heavy (non-hydrogen) atoms. The van der Waals surface area contributed by atoms with E-state index in [1.165, 1.54) is 17.7 Å². The minimum atomic E-state index is -0.464. The fraction of sp³-hybridized carbons (Fsp3) is 0.250. The van der Waals surface area contributed by atoms with E-state index >= 15 is 0 Å². The Labute approximate surface area is 118 Å². The van der Waals surface area contributed by atoms with E-state index in [1.54, 1.807) is 6.07 Å². The summed E-state index contributed by atoms with van der Waals surface area (Å²) in [6.45, 7) is 4.73. The number of rotatable bonds is 4. The molecule has 0 atom stereocenters. The minimum Gasteiger partial charge on any atom is -0.489 e. The van der Waals surface area contributed by atoms with Gasteiger partial charge in [0.05, 0.1) is 5.02 Å². The lowest BCUT2D eigenvalue weighted by Gasteiger charge is -2.09. The molecule has 0 saturated heterocycles. The van der Waals surface area contributed by atoms with Crippen LogP contribution in [0.25, 0.3) is 0 Å². The van der Waals surface area contributed by atoms with Crippen LogP contribution in [0.15, 0.2) is 42.5 Å². The van der Waals surface area contributed by atoms with Crippen LogP contribution in [0.5, 0.6) is 5.75 Å². The van der Waals surface area contributed by atoms with Gasteiger partial charge in [0.15, 0.2) is 0 Å². The van der Waals surface area contributed by atoms with Crippen LogP contribution < -0.4 is 4.74 Å². The third kappa shape index (κ3) is 3.71. The van der Waals surface area contributed by atoms with Crippen molar-refractivity contribution < 1.29 is 9.13 Å². The molecule has 0 saturated carbocycles. The molecular weight excluding hydrogens is 263 g/mol. The van der Waals surface area contributed by atoms with Gasteiger partial charge >= 0.3 is 0 Å². The standard InChI is InChI=1S/C16H16ClFO/c1-11(2)13-5-3-12(4-6-13)10-19-14-7-8-15(17)16(18)9-14/h3-9,11H,10H2,1-2H3. The first kappa shape index (κ1) is 13.9. The van der Waals surface area contributed by atoms with Crippen LogP contribution in [0.3, 0.4) is 0 Å².